The first kappa shape index (κ1) is 12.2. The van der Waals surface area contributed by atoms with E-state index in [2.05, 4.69) is 29.7 Å². The Kier molecular flexibility index (Phi) is 6.02. The molecule has 0 aliphatic carbocycles. The van der Waals surface area contributed by atoms with E-state index < -0.39 is 0 Å². The highest BCUT2D eigenvalue weighted by Crippen LogP contribution is 2.11. The van der Waals surface area contributed by atoms with E-state index >= 15 is 0 Å². The Bertz CT molecular complexity index is 298. The first-order valence-electron chi connectivity index (χ1n) is 5.48. The zero-order chi connectivity index (χ0) is 10.9. The number of hydrogen-bond donors (Lipinski definition) is 0. The molecule has 0 aliphatic rings. The Morgan fingerprint density at radius 3 is 2.93 bits per heavy atom. The van der Waals surface area contributed by atoms with E-state index in [1.54, 1.807) is 18.3 Å². The zero-order valence-electron chi connectivity index (χ0n) is 9.24. The van der Waals surface area contributed by atoms with Crippen molar-refractivity contribution in [2.45, 2.75) is 39.0 Å². The second-order valence-corrected chi connectivity index (χ2v) is 4.70. The monoisotopic (exact) mass is 222 g/mol. The Hall–Kier alpha value is -0.890. The summed E-state index contributed by atoms with van der Waals surface area (Å²) in [5.74, 6) is 0.309. The second-order valence-electron chi connectivity index (χ2n) is 3.72. The van der Waals surface area contributed by atoms with Crippen molar-refractivity contribution in [1.82, 2.24) is 0 Å². The summed E-state index contributed by atoms with van der Waals surface area (Å²) >= 11 is 1.76. The van der Waals surface area contributed by atoms with Crippen molar-refractivity contribution in [3.05, 3.63) is 28.5 Å². The minimum absolute atomic E-state index is 0.309. The molecule has 1 aromatic heterocycles. The molecule has 0 saturated carbocycles. The molecule has 0 aromatic carbocycles. The van der Waals surface area contributed by atoms with Crippen LogP contribution in [-0.4, -0.2) is 5.78 Å². The summed E-state index contributed by atoms with van der Waals surface area (Å²) in [5.41, 5.74) is 0. The molecule has 0 spiro atoms. The van der Waals surface area contributed by atoms with Gasteiger partial charge in [0.05, 0.1) is 0 Å². The predicted octanol–water partition coefficient (Wildman–Crippen LogP) is 4.30. The maximum absolute atomic E-state index is 10.7. The Balaban J connectivity index is 2.00. The first-order valence-corrected chi connectivity index (χ1v) is 6.36. The molecule has 0 saturated heterocycles. The molecule has 1 heterocycles. The van der Waals surface area contributed by atoms with Crippen LogP contribution < -0.4 is 0 Å². The summed E-state index contributed by atoms with van der Waals surface area (Å²) in [6.07, 6.45) is 9.66. The highest BCUT2D eigenvalue weighted by Gasteiger charge is 1.92. The molecular weight excluding hydrogens is 204 g/mol. The van der Waals surface area contributed by atoms with Gasteiger partial charge in [0, 0.05) is 11.3 Å². The molecule has 1 aromatic rings. The van der Waals surface area contributed by atoms with Crippen molar-refractivity contribution < 1.29 is 4.79 Å². The van der Waals surface area contributed by atoms with Gasteiger partial charge in [-0.15, -0.1) is 11.3 Å². The third kappa shape index (κ3) is 6.24. The number of Topliss-reactive ketones (excluding diaryl/α,β-unsaturated/α-hetero) is 1. The Morgan fingerprint density at radius 1 is 1.40 bits per heavy atom. The highest BCUT2D eigenvalue weighted by molar-refractivity contribution is 7.10. The predicted molar refractivity (Wildman–Crippen MR) is 67.1 cm³/mol. The molecule has 0 N–H and O–H groups in total. The number of allylic oxidation sites excluding steroid dienone is 1. The van der Waals surface area contributed by atoms with Crippen molar-refractivity contribution in [2.75, 3.05) is 0 Å². The van der Waals surface area contributed by atoms with E-state index in [9.17, 15) is 4.79 Å². The van der Waals surface area contributed by atoms with Crippen molar-refractivity contribution in [1.29, 1.82) is 0 Å². The Morgan fingerprint density at radius 2 is 2.27 bits per heavy atom. The van der Waals surface area contributed by atoms with E-state index in [0.29, 0.717) is 5.78 Å². The average Bonchev–Trinajstić information content (AvgIpc) is 2.68. The van der Waals surface area contributed by atoms with E-state index in [1.807, 2.05) is 0 Å². The van der Waals surface area contributed by atoms with Gasteiger partial charge in [-0.2, -0.15) is 0 Å². The van der Waals surface area contributed by atoms with E-state index in [4.69, 9.17) is 0 Å². The van der Waals surface area contributed by atoms with Gasteiger partial charge in [-0.3, -0.25) is 0 Å². The van der Waals surface area contributed by atoms with Gasteiger partial charge >= 0.3 is 0 Å². The lowest BCUT2D eigenvalue weighted by atomic mass is 10.1. The van der Waals surface area contributed by atoms with Crippen LogP contribution in [-0.2, 0) is 4.79 Å². The van der Waals surface area contributed by atoms with E-state index in [-0.39, 0.29) is 0 Å². The fourth-order valence-electron chi connectivity index (χ4n) is 1.40. The van der Waals surface area contributed by atoms with Gasteiger partial charge in [-0.25, -0.2) is 0 Å². The number of hydrogen-bond acceptors (Lipinski definition) is 2. The smallest absolute Gasteiger partial charge is 0.129 e. The topological polar surface area (TPSA) is 17.1 Å². The molecule has 0 unspecified atom stereocenters. The number of rotatable bonds is 7. The minimum atomic E-state index is 0.309. The largest absolute Gasteiger partial charge is 0.300 e. The molecule has 0 bridgehead atoms. The molecule has 15 heavy (non-hydrogen) atoms. The number of carbonyl (C=O) groups excluding carboxylic acids is 1. The summed E-state index contributed by atoms with van der Waals surface area (Å²) in [6, 6.07) is 4.19. The quantitative estimate of drug-likeness (QED) is 0.629. The van der Waals surface area contributed by atoms with Crippen LogP contribution in [0, 0.1) is 0 Å². The van der Waals surface area contributed by atoms with Gasteiger partial charge in [0.2, 0.25) is 0 Å². The molecule has 0 fully saturated rings. The average molecular weight is 222 g/mol. The van der Waals surface area contributed by atoms with Crippen LogP contribution in [0.2, 0.25) is 0 Å². The molecule has 82 valence electrons. The van der Waals surface area contributed by atoms with E-state index in [0.717, 1.165) is 25.7 Å². The molecule has 2 heteroatoms. The number of ketones is 1. The van der Waals surface area contributed by atoms with Gasteiger partial charge < -0.3 is 4.79 Å². The van der Waals surface area contributed by atoms with Crippen molar-refractivity contribution in [3.8, 4) is 0 Å². The van der Waals surface area contributed by atoms with Crippen molar-refractivity contribution >= 4 is 23.2 Å². The molecule has 0 amide bonds. The first-order chi connectivity index (χ1) is 7.29. The minimum Gasteiger partial charge on any atom is -0.300 e. The summed E-state index contributed by atoms with van der Waals surface area (Å²) in [7, 11) is 0. The van der Waals surface area contributed by atoms with Crippen LogP contribution in [0.3, 0.4) is 0 Å². The lowest BCUT2D eigenvalue weighted by Crippen LogP contribution is -1.88. The molecule has 1 nitrogen and oxygen atoms in total. The van der Waals surface area contributed by atoms with Gasteiger partial charge in [0.25, 0.3) is 0 Å². The number of unbranched alkanes of at least 4 members (excludes halogenated alkanes) is 3. The maximum atomic E-state index is 10.7. The fraction of sp³-hybridized carbons (Fsp3) is 0.462. The van der Waals surface area contributed by atoms with Crippen LogP contribution in [0.15, 0.2) is 23.6 Å². The van der Waals surface area contributed by atoms with Crippen LogP contribution in [0.5, 0.6) is 0 Å². The van der Waals surface area contributed by atoms with Gasteiger partial charge in [-0.1, -0.05) is 18.6 Å². The normalized spacial score (nSPS) is 11.0. The van der Waals surface area contributed by atoms with Crippen LogP contribution in [0.25, 0.3) is 6.08 Å². The highest BCUT2D eigenvalue weighted by atomic mass is 32.1. The van der Waals surface area contributed by atoms with Gasteiger partial charge in [-0.05, 0) is 43.7 Å². The number of carbonyl (C=O) groups is 1. The van der Waals surface area contributed by atoms with Gasteiger partial charge in [0.1, 0.15) is 5.78 Å². The molecular formula is C13H18OS. The lowest BCUT2D eigenvalue weighted by Gasteiger charge is -1.95. The number of thiophene rings is 1. The zero-order valence-corrected chi connectivity index (χ0v) is 10.1. The van der Waals surface area contributed by atoms with Crippen LogP contribution in [0.4, 0.5) is 0 Å². The SMILES string of the molecule is CC(=O)CCCCCC=Cc1cccs1. The fourth-order valence-corrected chi connectivity index (χ4v) is 2.04. The van der Waals surface area contributed by atoms with Gasteiger partial charge in [0.15, 0.2) is 0 Å². The molecule has 0 atom stereocenters. The molecule has 1 rings (SSSR count). The second kappa shape index (κ2) is 7.41. The standard InChI is InChI=1S/C13H18OS/c1-12(14)8-5-3-2-4-6-9-13-10-7-11-15-13/h6-7,9-11H,2-5,8H2,1H3. The third-order valence-corrected chi connectivity index (χ3v) is 3.06. The van der Waals surface area contributed by atoms with Crippen LogP contribution >= 0.6 is 11.3 Å². The molecule has 0 radical (unpaired) electrons. The maximum Gasteiger partial charge on any atom is 0.129 e. The lowest BCUT2D eigenvalue weighted by molar-refractivity contribution is -0.117. The third-order valence-electron chi connectivity index (χ3n) is 2.22. The molecule has 0 aliphatic heterocycles. The summed E-state index contributed by atoms with van der Waals surface area (Å²) in [6.45, 7) is 1.66. The summed E-state index contributed by atoms with van der Waals surface area (Å²) in [4.78, 5) is 12.0. The van der Waals surface area contributed by atoms with Crippen molar-refractivity contribution in [3.63, 3.8) is 0 Å². The summed E-state index contributed by atoms with van der Waals surface area (Å²) in [5, 5.41) is 2.09. The van der Waals surface area contributed by atoms with E-state index in [1.165, 1.54) is 11.3 Å². The summed E-state index contributed by atoms with van der Waals surface area (Å²) < 4.78 is 0. The van der Waals surface area contributed by atoms with Crippen LogP contribution in [0.1, 0.15) is 43.9 Å². The Labute approximate surface area is 95.8 Å². The van der Waals surface area contributed by atoms with Crippen molar-refractivity contribution in [2.24, 2.45) is 0 Å².